The third-order valence-electron chi connectivity index (χ3n) is 6.44. The number of benzene rings is 3. The van der Waals surface area contributed by atoms with Gasteiger partial charge in [-0.25, -0.2) is 9.59 Å². The number of rotatable bonds is 20. The quantitative estimate of drug-likeness (QED) is 0.0583. The summed E-state index contributed by atoms with van der Waals surface area (Å²) < 4.78 is 27.9. The van der Waals surface area contributed by atoms with Gasteiger partial charge in [0.1, 0.15) is 29.6 Å². The highest BCUT2D eigenvalue weighted by Gasteiger charge is 2.09. The Morgan fingerprint density at radius 3 is 1.69 bits per heavy atom. The van der Waals surface area contributed by atoms with Crippen molar-refractivity contribution in [3.63, 3.8) is 0 Å². The molecule has 3 rings (SSSR count). The summed E-state index contributed by atoms with van der Waals surface area (Å²) in [6.07, 6.45) is 9.53. The summed E-state index contributed by atoms with van der Waals surface area (Å²) in [7, 11) is 0. The van der Waals surface area contributed by atoms with Gasteiger partial charge in [-0.3, -0.25) is 0 Å². The molecule has 3 aromatic carbocycles. The highest BCUT2D eigenvalue weighted by Crippen LogP contribution is 2.21. The van der Waals surface area contributed by atoms with Gasteiger partial charge < -0.3 is 23.7 Å². The molecular formula is C35H42O7. The van der Waals surface area contributed by atoms with E-state index in [1.165, 1.54) is 25.3 Å². The summed E-state index contributed by atoms with van der Waals surface area (Å²) in [5.74, 6) is 1.95. The van der Waals surface area contributed by atoms with Crippen molar-refractivity contribution in [3.05, 3.63) is 96.6 Å². The van der Waals surface area contributed by atoms with Gasteiger partial charge >= 0.3 is 11.9 Å². The Morgan fingerprint density at radius 1 is 0.619 bits per heavy atom. The van der Waals surface area contributed by atoms with Crippen LogP contribution in [0.25, 0.3) is 0 Å². The van der Waals surface area contributed by atoms with E-state index in [-0.39, 0.29) is 5.97 Å². The van der Waals surface area contributed by atoms with E-state index < -0.39 is 5.97 Å². The van der Waals surface area contributed by atoms with Crippen LogP contribution >= 0.6 is 0 Å². The van der Waals surface area contributed by atoms with Gasteiger partial charge in [-0.2, -0.15) is 0 Å². The third-order valence-corrected chi connectivity index (χ3v) is 6.44. The molecule has 0 saturated heterocycles. The summed E-state index contributed by atoms with van der Waals surface area (Å²) in [4.78, 5) is 23.6. The molecule has 0 spiro atoms. The van der Waals surface area contributed by atoms with E-state index >= 15 is 0 Å². The summed E-state index contributed by atoms with van der Waals surface area (Å²) in [6, 6.07) is 21.8. The molecule has 0 saturated carbocycles. The number of esters is 2. The lowest BCUT2D eigenvalue weighted by atomic mass is 10.2. The molecule has 0 radical (unpaired) electrons. The van der Waals surface area contributed by atoms with E-state index in [1.54, 1.807) is 36.4 Å². The molecule has 42 heavy (non-hydrogen) atoms. The standard InChI is InChI=1S/C35H42O7/c1-3-5-6-9-24-39-31-20-22-32(23-21-31)41-27-28-12-16-33(17-13-28)42-35(37)29-14-18-30(19-15-29)38-25-10-7-8-11-26-40-34(36)4-2/h4,12-23H,2-3,5-11,24-27H2,1H3. The van der Waals surface area contributed by atoms with Crippen LogP contribution < -0.4 is 18.9 Å². The summed E-state index contributed by atoms with van der Waals surface area (Å²) in [6.45, 7) is 7.68. The minimum Gasteiger partial charge on any atom is -0.494 e. The Hall–Kier alpha value is -4.26. The minimum absolute atomic E-state index is 0.387. The van der Waals surface area contributed by atoms with Crippen LogP contribution in [0.5, 0.6) is 23.0 Å². The van der Waals surface area contributed by atoms with Crippen LogP contribution in [0.2, 0.25) is 0 Å². The smallest absolute Gasteiger partial charge is 0.343 e. The largest absolute Gasteiger partial charge is 0.494 e. The highest BCUT2D eigenvalue weighted by atomic mass is 16.5. The van der Waals surface area contributed by atoms with Crippen molar-refractivity contribution in [2.45, 2.75) is 64.9 Å². The van der Waals surface area contributed by atoms with Gasteiger partial charge in [0.05, 0.1) is 25.4 Å². The summed E-state index contributed by atoms with van der Waals surface area (Å²) >= 11 is 0. The second-order valence-corrected chi connectivity index (χ2v) is 9.86. The first-order chi connectivity index (χ1) is 20.6. The van der Waals surface area contributed by atoms with Crippen LogP contribution in [0.4, 0.5) is 0 Å². The molecule has 0 aromatic heterocycles. The lowest BCUT2D eigenvalue weighted by Gasteiger charge is -2.10. The number of ether oxygens (including phenoxy) is 5. The van der Waals surface area contributed by atoms with Gasteiger partial charge in [0.25, 0.3) is 0 Å². The molecule has 7 heteroatoms. The van der Waals surface area contributed by atoms with Crippen LogP contribution in [-0.2, 0) is 16.1 Å². The molecule has 0 aliphatic heterocycles. The molecular weight excluding hydrogens is 532 g/mol. The van der Waals surface area contributed by atoms with Gasteiger partial charge in [-0.15, -0.1) is 0 Å². The van der Waals surface area contributed by atoms with E-state index in [0.717, 1.165) is 55.8 Å². The maximum atomic E-state index is 12.6. The third kappa shape index (κ3) is 12.5. The van der Waals surface area contributed by atoms with Gasteiger partial charge in [-0.1, -0.05) is 44.9 Å². The van der Waals surface area contributed by atoms with Crippen LogP contribution in [0.3, 0.4) is 0 Å². The number of carbonyl (C=O) groups is 2. The van der Waals surface area contributed by atoms with Gasteiger partial charge in [0.15, 0.2) is 0 Å². The van der Waals surface area contributed by atoms with E-state index in [2.05, 4.69) is 13.5 Å². The van der Waals surface area contributed by atoms with Gasteiger partial charge in [-0.05, 0) is 98.3 Å². The fraction of sp³-hybridized carbons (Fsp3) is 0.371. The predicted molar refractivity (Wildman–Crippen MR) is 163 cm³/mol. The fourth-order valence-electron chi connectivity index (χ4n) is 4.00. The SMILES string of the molecule is C=CC(=O)OCCCCCCOc1ccc(C(=O)Oc2ccc(COc3ccc(OCCCCCC)cc3)cc2)cc1. The Morgan fingerprint density at radius 2 is 1.12 bits per heavy atom. The lowest BCUT2D eigenvalue weighted by molar-refractivity contribution is -0.137. The Bertz CT molecular complexity index is 1200. The van der Waals surface area contributed by atoms with E-state index in [1.807, 2.05) is 36.4 Å². The Balaban J connectivity index is 1.32. The van der Waals surface area contributed by atoms with E-state index in [4.69, 9.17) is 23.7 Å². The molecule has 0 unspecified atom stereocenters. The van der Waals surface area contributed by atoms with Crippen molar-refractivity contribution in [2.75, 3.05) is 19.8 Å². The number of hydrogen-bond acceptors (Lipinski definition) is 7. The van der Waals surface area contributed by atoms with Crippen molar-refractivity contribution in [3.8, 4) is 23.0 Å². The lowest BCUT2D eigenvalue weighted by Crippen LogP contribution is -2.08. The van der Waals surface area contributed by atoms with Crippen molar-refractivity contribution in [1.82, 2.24) is 0 Å². The van der Waals surface area contributed by atoms with Crippen LogP contribution in [0.15, 0.2) is 85.5 Å². The molecule has 0 aliphatic rings. The zero-order valence-corrected chi connectivity index (χ0v) is 24.6. The van der Waals surface area contributed by atoms with Gasteiger partial charge in [0.2, 0.25) is 0 Å². The average molecular weight is 575 g/mol. The molecule has 0 aliphatic carbocycles. The van der Waals surface area contributed by atoms with Crippen LogP contribution in [0, 0.1) is 0 Å². The zero-order valence-electron chi connectivity index (χ0n) is 24.6. The predicted octanol–water partition coefficient (Wildman–Crippen LogP) is 8.11. The van der Waals surface area contributed by atoms with E-state index in [9.17, 15) is 9.59 Å². The summed E-state index contributed by atoms with van der Waals surface area (Å²) in [5, 5.41) is 0. The normalized spacial score (nSPS) is 10.5. The molecule has 7 nitrogen and oxygen atoms in total. The molecule has 0 fully saturated rings. The molecule has 3 aromatic rings. The fourth-order valence-corrected chi connectivity index (χ4v) is 4.00. The second kappa shape index (κ2) is 19.0. The minimum atomic E-state index is -0.435. The molecule has 224 valence electrons. The molecule has 0 atom stereocenters. The zero-order chi connectivity index (χ0) is 29.8. The Kier molecular flexibility index (Phi) is 14.6. The Labute approximate surface area is 249 Å². The first-order valence-corrected chi connectivity index (χ1v) is 14.8. The monoisotopic (exact) mass is 574 g/mol. The van der Waals surface area contributed by atoms with Crippen molar-refractivity contribution in [2.24, 2.45) is 0 Å². The number of carbonyl (C=O) groups excluding carboxylic acids is 2. The average Bonchev–Trinajstić information content (AvgIpc) is 3.02. The first-order valence-electron chi connectivity index (χ1n) is 14.8. The topological polar surface area (TPSA) is 80.3 Å². The molecule has 0 amide bonds. The highest BCUT2D eigenvalue weighted by molar-refractivity contribution is 5.91. The summed E-state index contributed by atoms with van der Waals surface area (Å²) in [5.41, 5.74) is 1.40. The molecule has 0 bridgehead atoms. The van der Waals surface area contributed by atoms with Crippen LogP contribution in [0.1, 0.15) is 74.2 Å². The van der Waals surface area contributed by atoms with E-state index in [0.29, 0.717) is 36.9 Å². The first kappa shape index (κ1) is 32.3. The van der Waals surface area contributed by atoms with Gasteiger partial charge in [0, 0.05) is 6.08 Å². The molecule has 0 heterocycles. The maximum Gasteiger partial charge on any atom is 0.343 e. The van der Waals surface area contributed by atoms with Crippen molar-refractivity contribution >= 4 is 11.9 Å². The maximum absolute atomic E-state index is 12.6. The molecule has 0 N–H and O–H groups in total. The van der Waals surface area contributed by atoms with Crippen molar-refractivity contribution < 1.29 is 33.3 Å². The van der Waals surface area contributed by atoms with Crippen LogP contribution in [-0.4, -0.2) is 31.8 Å². The van der Waals surface area contributed by atoms with Crippen molar-refractivity contribution in [1.29, 1.82) is 0 Å². The number of hydrogen-bond donors (Lipinski definition) is 0. The number of unbranched alkanes of at least 4 members (excludes halogenated alkanes) is 6. The second-order valence-electron chi connectivity index (χ2n) is 9.86.